The number of rotatable bonds is 15. The molecule has 2 atom stereocenters. The van der Waals surface area contributed by atoms with Crippen LogP contribution in [0.4, 0.5) is 24.8 Å². The minimum absolute atomic E-state index is 0.0559. The second kappa shape index (κ2) is 18.1. The molecule has 15 heteroatoms. The minimum atomic E-state index is -4.89. The van der Waals surface area contributed by atoms with Gasteiger partial charge >= 0.3 is 12.1 Å². The van der Waals surface area contributed by atoms with E-state index in [0.29, 0.717) is 42.3 Å². The zero-order valence-corrected chi connectivity index (χ0v) is 31.9. The van der Waals surface area contributed by atoms with Gasteiger partial charge < -0.3 is 24.8 Å². The van der Waals surface area contributed by atoms with E-state index in [-0.39, 0.29) is 41.7 Å². The summed E-state index contributed by atoms with van der Waals surface area (Å²) in [6.45, 7) is 13.0. The lowest BCUT2D eigenvalue weighted by atomic mass is 9.87. The summed E-state index contributed by atoms with van der Waals surface area (Å²) in [5, 5.41) is 12.8. The van der Waals surface area contributed by atoms with E-state index in [4.69, 9.17) is 9.47 Å². The van der Waals surface area contributed by atoms with Gasteiger partial charge in [0, 0.05) is 24.0 Å². The highest BCUT2D eigenvalue weighted by Gasteiger charge is 2.42. The van der Waals surface area contributed by atoms with Crippen molar-refractivity contribution in [3.8, 4) is 17.7 Å². The molecule has 1 fully saturated rings. The maximum Gasteiger partial charge on any atom is 0.423 e. The van der Waals surface area contributed by atoms with E-state index in [0.717, 1.165) is 30.7 Å². The fourth-order valence-corrected chi connectivity index (χ4v) is 6.72. The number of anilines is 2. The Morgan fingerprint density at radius 3 is 2.56 bits per heavy atom. The van der Waals surface area contributed by atoms with Crippen LogP contribution in [-0.4, -0.2) is 70.0 Å². The number of allylic oxidation sites excluding steroid dienone is 4. The molecule has 1 aromatic carbocycles. The molecule has 3 N–H and O–H groups in total. The Bertz CT molecular complexity index is 1880. The average Bonchev–Trinajstić information content (AvgIpc) is 3.36. The topological polar surface area (TPSA) is 135 Å². The summed E-state index contributed by atoms with van der Waals surface area (Å²) in [4.78, 5) is 31.9. The van der Waals surface area contributed by atoms with Gasteiger partial charge in [0.25, 0.3) is 0 Å². The predicted molar refractivity (Wildman–Crippen MR) is 202 cm³/mol. The molecule has 2 aliphatic rings. The van der Waals surface area contributed by atoms with Gasteiger partial charge in [-0.25, -0.2) is 19.7 Å². The van der Waals surface area contributed by atoms with Gasteiger partial charge in [-0.15, -0.1) is 0 Å². The van der Waals surface area contributed by atoms with Crippen molar-refractivity contribution >= 4 is 29.6 Å². The van der Waals surface area contributed by atoms with E-state index in [1.165, 1.54) is 12.1 Å². The van der Waals surface area contributed by atoms with Gasteiger partial charge in [-0.05, 0) is 66.0 Å². The van der Waals surface area contributed by atoms with Crippen LogP contribution in [0, 0.1) is 23.2 Å². The number of hydrogen-bond acceptors (Lipinski definition) is 11. The van der Waals surface area contributed by atoms with Crippen LogP contribution in [0.25, 0.3) is 0 Å². The van der Waals surface area contributed by atoms with Crippen molar-refractivity contribution in [3.05, 3.63) is 83.1 Å². The minimum Gasteiger partial charge on any atom is -0.478 e. The van der Waals surface area contributed by atoms with Gasteiger partial charge in [0.05, 0.1) is 55.0 Å². The second-order valence-electron chi connectivity index (χ2n) is 14.7. The number of carboxylic acids is 1. The first kappa shape index (κ1) is 40.5. The van der Waals surface area contributed by atoms with Crippen LogP contribution in [0.15, 0.2) is 65.4 Å². The van der Waals surface area contributed by atoms with Crippen molar-refractivity contribution < 1.29 is 32.5 Å². The molecule has 0 spiro atoms. The Labute approximate surface area is 318 Å². The van der Waals surface area contributed by atoms with Crippen molar-refractivity contribution in [2.24, 2.45) is 11.3 Å². The molecule has 0 bridgehead atoms. The molecule has 0 radical (unpaired) electrons. The summed E-state index contributed by atoms with van der Waals surface area (Å²) in [7, 11) is 0. The fraction of sp³-hybridized carbons (Fsp3) is 0.462. The lowest BCUT2D eigenvalue weighted by Gasteiger charge is -2.28. The van der Waals surface area contributed by atoms with Crippen LogP contribution in [-0.2, 0) is 17.5 Å². The summed E-state index contributed by atoms with van der Waals surface area (Å²) in [5.41, 5.74) is -0.000508. The number of halogens is 3. The van der Waals surface area contributed by atoms with E-state index in [1.807, 2.05) is 34.6 Å². The molecule has 1 saturated heterocycles. The normalized spacial score (nSPS) is 16.6. The van der Waals surface area contributed by atoms with Gasteiger partial charge in [-0.3, -0.25) is 4.72 Å². The number of benzene rings is 1. The van der Waals surface area contributed by atoms with Gasteiger partial charge in [0.15, 0.2) is 0 Å². The Hall–Kier alpha value is -4.65. The molecule has 0 saturated carbocycles. The number of carbonyl (C=O) groups is 1. The van der Waals surface area contributed by atoms with Crippen molar-refractivity contribution in [1.29, 1.82) is 0 Å². The zero-order chi connectivity index (χ0) is 38.9. The highest BCUT2D eigenvalue weighted by Crippen LogP contribution is 2.43. The number of nitrogens with one attached hydrogen (secondary N) is 2. The second-order valence-corrected chi connectivity index (χ2v) is 15.6. The maximum atomic E-state index is 15.2. The summed E-state index contributed by atoms with van der Waals surface area (Å²) < 4.78 is 60.1. The van der Waals surface area contributed by atoms with E-state index >= 15 is 13.2 Å². The van der Waals surface area contributed by atoms with Crippen molar-refractivity contribution in [3.63, 3.8) is 0 Å². The highest BCUT2D eigenvalue weighted by molar-refractivity contribution is 8.00. The van der Waals surface area contributed by atoms with Gasteiger partial charge in [0.2, 0.25) is 11.8 Å². The van der Waals surface area contributed by atoms with Gasteiger partial charge in [-0.2, -0.15) is 18.2 Å². The van der Waals surface area contributed by atoms with Crippen LogP contribution >= 0.6 is 11.9 Å². The van der Waals surface area contributed by atoms with Crippen molar-refractivity contribution in [2.45, 2.75) is 77.0 Å². The Morgan fingerprint density at radius 2 is 1.89 bits per heavy atom. The molecule has 2 unspecified atom stereocenters. The number of alkyl halides is 3. The molecule has 3 heterocycles. The quantitative estimate of drug-likeness (QED) is 0.104. The average molecular weight is 766 g/mol. The number of nitrogens with zero attached hydrogens (tertiary/aromatic N) is 5. The zero-order valence-electron chi connectivity index (χ0n) is 31.0. The molecule has 2 aromatic heterocycles. The van der Waals surface area contributed by atoms with Crippen LogP contribution in [0.3, 0.4) is 0 Å². The maximum absolute atomic E-state index is 15.2. The summed E-state index contributed by atoms with van der Waals surface area (Å²) >= 11 is 0.972. The molecule has 1 aliphatic heterocycles. The summed E-state index contributed by atoms with van der Waals surface area (Å²) in [5.74, 6) is 3.63. The highest BCUT2D eigenvalue weighted by atomic mass is 32.2. The van der Waals surface area contributed by atoms with Crippen molar-refractivity contribution in [2.75, 3.05) is 42.5 Å². The van der Waals surface area contributed by atoms with Crippen LogP contribution < -0.4 is 19.7 Å². The third kappa shape index (κ3) is 11.7. The molecule has 288 valence electrons. The number of aromatic nitrogens is 4. The molecular formula is C39H46F3N7O4S. The third-order valence-electron chi connectivity index (χ3n) is 8.43. The Kier molecular flexibility index (Phi) is 13.6. The fourth-order valence-electron chi connectivity index (χ4n) is 6.09. The van der Waals surface area contributed by atoms with Crippen LogP contribution in [0.1, 0.15) is 80.8 Å². The molecule has 11 nitrogen and oxygen atoms in total. The first-order valence-corrected chi connectivity index (χ1v) is 18.6. The van der Waals surface area contributed by atoms with E-state index in [9.17, 15) is 9.90 Å². The number of morpholine rings is 1. The first-order chi connectivity index (χ1) is 25.7. The van der Waals surface area contributed by atoms with E-state index < -0.39 is 35.5 Å². The number of aromatic carboxylic acids is 1. The van der Waals surface area contributed by atoms with Gasteiger partial charge in [-0.1, -0.05) is 64.7 Å². The Morgan fingerprint density at radius 1 is 1.15 bits per heavy atom. The van der Waals surface area contributed by atoms with Gasteiger partial charge in [0.1, 0.15) is 18.0 Å². The molecule has 1 aliphatic carbocycles. The standard InChI is InChI=1S/C39H46F3N7O4S/c1-25(2)18-26-10-7-6-8-13-31(26)34-33(39(40,41)42)35(47-37(46-34)48-54-30-12-9-11-27(19-30)36(50)51)53-24-28(20-38(3,4)5)43-23-32-44-21-29(22-45-32)49-14-16-52-17-15-49/h6-7,9-12,19,21-22,25,28,31,43H,14-18,20,23-24H2,1-5H3,(H,50,51)(H,46,47,48). The van der Waals surface area contributed by atoms with Crippen molar-refractivity contribution in [1.82, 2.24) is 25.3 Å². The number of ether oxygens (including phenoxy) is 2. The Balaban J connectivity index is 1.46. The summed E-state index contributed by atoms with van der Waals surface area (Å²) in [6, 6.07) is 5.72. The molecule has 0 amide bonds. The first-order valence-electron chi connectivity index (χ1n) is 17.8. The predicted octanol–water partition coefficient (Wildman–Crippen LogP) is 7.54. The largest absolute Gasteiger partial charge is 0.478 e. The monoisotopic (exact) mass is 765 g/mol. The number of hydrogen-bond donors (Lipinski definition) is 3. The molecule has 54 heavy (non-hydrogen) atoms. The number of carboxylic acid groups (broad SMARTS) is 1. The molecule has 3 aromatic rings. The molecular weight excluding hydrogens is 720 g/mol. The van der Waals surface area contributed by atoms with E-state index in [1.54, 1.807) is 42.8 Å². The van der Waals surface area contributed by atoms with E-state index in [2.05, 4.69) is 46.7 Å². The SMILES string of the molecule is CC(C)CC1=CC=CC#CC1c1nc(NSc2cccc(C(=O)O)c2)nc(OCC(CC(C)(C)C)NCc2ncc(N3CCOCC3)cn2)c1C(F)(F)F. The lowest BCUT2D eigenvalue weighted by Crippen LogP contribution is -2.38. The van der Waals surface area contributed by atoms with Crippen LogP contribution in [0.5, 0.6) is 5.88 Å². The lowest BCUT2D eigenvalue weighted by molar-refractivity contribution is -0.140. The molecule has 5 rings (SSSR count). The summed E-state index contributed by atoms with van der Waals surface area (Å²) in [6.07, 6.45) is 4.79. The van der Waals surface area contributed by atoms with Crippen LogP contribution in [0.2, 0.25) is 0 Å². The third-order valence-corrected chi connectivity index (χ3v) is 9.21. The smallest absolute Gasteiger partial charge is 0.423 e.